The first kappa shape index (κ1) is 29.4. The maximum absolute atomic E-state index is 13.3. The van der Waals surface area contributed by atoms with Gasteiger partial charge >= 0.3 is 6.09 Å². The van der Waals surface area contributed by atoms with E-state index < -0.39 is 6.09 Å². The number of unbranched alkanes of at least 4 members (excludes halogenated alkanes) is 12. The van der Waals surface area contributed by atoms with Crippen LogP contribution in [0.5, 0.6) is 0 Å². The van der Waals surface area contributed by atoms with Crippen LogP contribution >= 0.6 is 0 Å². The van der Waals surface area contributed by atoms with Crippen LogP contribution in [0.3, 0.4) is 0 Å². The van der Waals surface area contributed by atoms with Crippen LogP contribution in [0.15, 0.2) is 30.3 Å². The number of rotatable bonds is 20. The van der Waals surface area contributed by atoms with Crippen molar-refractivity contribution in [1.29, 1.82) is 0 Å². The third kappa shape index (κ3) is 12.1. The Hall–Kier alpha value is -1.84. The summed E-state index contributed by atoms with van der Waals surface area (Å²) in [7, 11) is 0. The normalized spacial score (nSPS) is 15.7. The Kier molecular flexibility index (Phi) is 15.5. The highest BCUT2D eigenvalue weighted by Crippen LogP contribution is 2.26. The number of carbonyl (C=O) groups is 2. The molecule has 1 aromatic rings. The van der Waals surface area contributed by atoms with Gasteiger partial charge < -0.3 is 4.74 Å². The van der Waals surface area contributed by atoms with Gasteiger partial charge in [0.05, 0.1) is 6.04 Å². The molecule has 2 rings (SSSR count). The minimum Gasteiger partial charge on any atom is -0.447 e. The quantitative estimate of drug-likeness (QED) is 0.173. The van der Waals surface area contributed by atoms with Gasteiger partial charge in [0.1, 0.15) is 6.61 Å². The largest absolute Gasteiger partial charge is 0.447 e. The number of cyclic esters (lactones) is 1. The highest BCUT2D eigenvalue weighted by atomic mass is 16.6. The number of benzene rings is 1. The van der Waals surface area contributed by atoms with Crippen LogP contribution in [0.4, 0.5) is 4.79 Å². The molecule has 0 N–H and O–H groups in total. The number of carbonyl (C=O) groups excluding carboxylic acids is 2. The zero-order valence-corrected chi connectivity index (χ0v) is 22.6. The predicted molar refractivity (Wildman–Crippen MR) is 145 cm³/mol. The molecule has 0 bridgehead atoms. The molecule has 1 saturated heterocycles. The zero-order valence-electron chi connectivity index (χ0n) is 22.6. The Balaban J connectivity index is 1.84. The van der Waals surface area contributed by atoms with Gasteiger partial charge in [0, 0.05) is 6.42 Å². The SMILES string of the molecule is CCCCCCCCCC(CCCCCCCCC)CC(=O)N1C(=O)OCC1Cc1ccccc1. The average molecular weight is 486 g/mol. The van der Waals surface area contributed by atoms with E-state index in [1.165, 1.54) is 94.8 Å². The highest BCUT2D eigenvalue weighted by molar-refractivity contribution is 5.93. The van der Waals surface area contributed by atoms with Crippen LogP contribution in [0, 0.1) is 5.92 Å². The molecule has 1 atom stereocenters. The molecule has 2 amide bonds. The van der Waals surface area contributed by atoms with Gasteiger partial charge in [-0.2, -0.15) is 0 Å². The van der Waals surface area contributed by atoms with Crippen molar-refractivity contribution >= 4 is 12.0 Å². The van der Waals surface area contributed by atoms with Gasteiger partial charge in [0.15, 0.2) is 0 Å². The van der Waals surface area contributed by atoms with Crippen molar-refractivity contribution in [3.63, 3.8) is 0 Å². The number of imide groups is 1. The Labute approximate surface area is 215 Å². The van der Waals surface area contributed by atoms with Crippen molar-refractivity contribution in [1.82, 2.24) is 4.90 Å². The third-order valence-corrected chi connectivity index (χ3v) is 7.44. The molecule has 1 aliphatic rings. The maximum atomic E-state index is 13.3. The summed E-state index contributed by atoms with van der Waals surface area (Å²) >= 11 is 0. The van der Waals surface area contributed by atoms with Crippen molar-refractivity contribution in [2.75, 3.05) is 6.61 Å². The van der Waals surface area contributed by atoms with Crippen molar-refractivity contribution in [2.24, 2.45) is 5.92 Å². The van der Waals surface area contributed by atoms with Gasteiger partial charge in [0.2, 0.25) is 5.91 Å². The van der Waals surface area contributed by atoms with Crippen LogP contribution in [0.1, 0.15) is 129 Å². The molecule has 1 heterocycles. The summed E-state index contributed by atoms with van der Waals surface area (Å²) in [4.78, 5) is 27.2. The lowest BCUT2D eigenvalue weighted by atomic mass is 9.90. The Morgan fingerprint density at radius 2 is 1.34 bits per heavy atom. The molecule has 4 nitrogen and oxygen atoms in total. The molecule has 1 unspecified atom stereocenters. The topological polar surface area (TPSA) is 46.6 Å². The van der Waals surface area contributed by atoms with E-state index in [0.717, 1.165) is 18.4 Å². The Morgan fingerprint density at radius 3 is 1.89 bits per heavy atom. The third-order valence-electron chi connectivity index (χ3n) is 7.44. The molecule has 0 aromatic heterocycles. The van der Waals surface area contributed by atoms with Gasteiger partial charge in [-0.25, -0.2) is 9.69 Å². The minimum atomic E-state index is -0.457. The van der Waals surface area contributed by atoms with E-state index >= 15 is 0 Å². The zero-order chi connectivity index (χ0) is 25.1. The van der Waals surface area contributed by atoms with E-state index in [4.69, 9.17) is 4.74 Å². The van der Waals surface area contributed by atoms with E-state index in [2.05, 4.69) is 26.0 Å². The average Bonchev–Trinajstić information content (AvgIpc) is 3.23. The highest BCUT2D eigenvalue weighted by Gasteiger charge is 2.38. The van der Waals surface area contributed by atoms with Gasteiger partial charge in [0.25, 0.3) is 0 Å². The van der Waals surface area contributed by atoms with Crippen LogP contribution < -0.4 is 0 Å². The molecule has 0 radical (unpaired) electrons. The molecule has 1 aliphatic heterocycles. The lowest BCUT2D eigenvalue weighted by Gasteiger charge is -2.23. The summed E-state index contributed by atoms with van der Waals surface area (Å²) in [5.41, 5.74) is 1.14. The lowest BCUT2D eigenvalue weighted by molar-refractivity contribution is -0.130. The number of hydrogen-bond acceptors (Lipinski definition) is 3. The second-order valence-corrected chi connectivity index (χ2v) is 10.6. The van der Waals surface area contributed by atoms with Crippen molar-refractivity contribution < 1.29 is 14.3 Å². The van der Waals surface area contributed by atoms with Crippen LogP contribution in [-0.4, -0.2) is 29.5 Å². The van der Waals surface area contributed by atoms with E-state index in [1.54, 1.807) is 0 Å². The van der Waals surface area contributed by atoms with E-state index in [0.29, 0.717) is 25.4 Å². The molecule has 198 valence electrons. The van der Waals surface area contributed by atoms with E-state index in [-0.39, 0.29) is 11.9 Å². The fourth-order valence-corrected chi connectivity index (χ4v) is 5.28. The summed E-state index contributed by atoms with van der Waals surface area (Å²) in [5.74, 6) is 0.337. The molecular formula is C31H51NO3. The first-order valence-corrected chi connectivity index (χ1v) is 14.7. The van der Waals surface area contributed by atoms with E-state index in [1.807, 2.05) is 18.2 Å². The first-order valence-electron chi connectivity index (χ1n) is 14.7. The van der Waals surface area contributed by atoms with E-state index in [9.17, 15) is 9.59 Å². The van der Waals surface area contributed by atoms with Gasteiger partial charge in [-0.1, -0.05) is 134 Å². The second kappa shape index (κ2) is 18.4. The fraction of sp³-hybridized carbons (Fsp3) is 0.742. The number of hydrogen-bond donors (Lipinski definition) is 0. The van der Waals surface area contributed by atoms with Crippen LogP contribution in [-0.2, 0) is 16.0 Å². The second-order valence-electron chi connectivity index (χ2n) is 10.6. The number of nitrogens with zero attached hydrogens (tertiary/aromatic N) is 1. The molecule has 1 aromatic carbocycles. The summed E-state index contributed by atoms with van der Waals surface area (Å²) in [6.45, 7) is 4.82. The van der Waals surface area contributed by atoms with Crippen LogP contribution in [0.2, 0.25) is 0 Å². The molecule has 0 spiro atoms. The van der Waals surface area contributed by atoms with Gasteiger partial charge in [-0.15, -0.1) is 0 Å². The van der Waals surface area contributed by atoms with Crippen molar-refractivity contribution in [3.05, 3.63) is 35.9 Å². The monoisotopic (exact) mass is 485 g/mol. The predicted octanol–water partition coefficient (Wildman–Crippen LogP) is 8.86. The molecular weight excluding hydrogens is 434 g/mol. The molecule has 0 saturated carbocycles. The Bertz CT molecular complexity index is 672. The van der Waals surface area contributed by atoms with Crippen molar-refractivity contribution in [3.8, 4) is 0 Å². The minimum absolute atomic E-state index is 0.0377. The van der Waals surface area contributed by atoms with Crippen molar-refractivity contribution in [2.45, 2.75) is 135 Å². The smallest absolute Gasteiger partial charge is 0.416 e. The summed E-state index contributed by atoms with van der Waals surface area (Å²) < 4.78 is 5.31. The standard InChI is InChI=1S/C31H51NO3/c1-3-5-7-9-11-13-16-22-28(23-17-14-12-10-8-6-4-2)25-30(33)32-29(26-35-31(32)34)24-27-20-18-15-19-21-27/h15,18-21,28-29H,3-14,16-17,22-26H2,1-2H3. The molecule has 0 aliphatic carbocycles. The summed E-state index contributed by atoms with van der Waals surface area (Å²) in [6.07, 6.45) is 21.0. The summed E-state index contributed by atoms with van der Waals surface area (Å²) in [6, 6.07) is 9.90. The summed E-state index contributed by atoms with van der Waals surface area (Å²) in [5, 5.41) is 0. The molecule has 1 fully saturated rings. The van der Waals surface area contributed by atoms with Gasteiger partial charge in [-0.05, 0) is 30.7 Å². The fourth-order valence-electron chi connectivity index (χ4n) is 5.28. The molecule has 35 heavy (non-hydrogen) atoms. The first-order chi connectivity index (χ1) is 17.2. The van der Waals surface area contributed by atoms with Crippen LogP contribution in [0.25, 0.3) is 0 Å². The maximum Gasteiger partial charge on any atom is 0.416 e. The molecule has 4 heteroatoms. The number of amides is 2. The number of ether oxygens (including phenoxy) is 1. The lowest BCUT2D eigenvalue weighted by Crippen LogP contribution is -2.41. The Morgan fingerprint density at radius 1 is 0.829 bits per heavy atom. The van der Waals surface area contributed by atoms with Gasteiger partial charge in [-0.3, -0.25) is 4.79 Å².